The van der Waals surface area contributed by atoms with Crippen molar-refractivity contribution < 1.29 is 22.8 Å². The standard InChI is InChI=1S/C18H16BrF3N2O2/c1-24(10-11-8-12(19)2-5-15(11)21)17(25)6-7-23-18(26)14-4-3-13(20)9-16(14)22/h2-5,8-9H,6-7,10H2,1H3,(H,23,26). The molecule has 0 saturated heterocycles. The highest BCUT2D eigenvalue weighted by atomic mass is 79.9. The summed E-state index contributed by atoms with van der Waals surface area (Å²) in [6.07, 6.45) is -0.0410. The number of rotatable bonds is 6. The van der Waals surface area contributed by atoms with Gasteiger partial charge in [0.15, 0.2) is 0 Å². The number of halogens is 4. The molecule has 0 aliphatic carbocycles. The normalized spacial score (nSPS) is 10.5. The lowest BCUT2D eigenvalue weighted by molar-refractivity contribution is -0.130. The summed E-state index contributed by atoms with van der Waals surface area (Å²) in [4.78, 5) is 25.3. The van der Waals surface area contributed by atoms with Gasteiger partial charge in [-0.1, -0.05) is 15.9 Å². The van der Waals surface area contributed by atoms with Crippen LogP contribution in [-0.4, -0.2) is 30.3 Å². The molecule has 4 nitrogen and oxygen atoms in total. The highest BCUT2D eigenvalue weighted by molar-refractivity contribution is 9.10. The van der Waals surface area contributed by atoms with Gasteiger partial charge >= 0.3 is 0 Å². The van der Waals surface area contributed by atoms with Gasteiger partial charge in [0.1, 0.15) is 17.5 Å². The van der Waals surface area contributed by atoms with Crippen LogP contribution < -0.4 is 5.32 Å². The second-order valence-corrected chi connectivity index (χ2v) is 6.53. The van der Waals surface area contributed by atoms with E-state index in [1.54, 1.807) is 12.1 Å². The van der Waals surface area contributed by atoms with E-state index in [4.69, 9.17) is 0 Å². The molecule has 2 amide bonds. The zero-order valence-electron chi connectivity index (χ0n) is 13.9. The second-order valence-electron chi connectivity index (χ2n) is 5.62. The molecule has 0 saturated carbocycles. The maximum Gasteiger partial charge on any atom is 0.254 e. The van der Waals surface area contributed by atoms with E-state index >= 15 is 0 Å². The summed E-state index contributed by atoms with van der Waals surface area (Å²) < 4.78 is 40.8. The molecule has 0 radical (unpaired) electrons. The molecule has 0 aliphatic heterocycles. The van der Waals surface area contributed by atoms with E-state index in [1.165, 1.54) is 18.0 Å². The largest absolute Gasteiger partial charge is 0.351 e. The van der Waals surface area contributed by atoms with Crippen molar-refractivity contribution in [3.8, 4) is 0 Å². The monoisotopic (exact) mass is 428 g/mol. The fraction of sp³-hybridized carbons (Fsp3) is 0.222. The van der Waals surface area contributed by atoms with Crippen LogP contribution in [0.25, 0.3) is 0 Å². The van der Waals surface area contributed by atoms with Gasteiger partial charge in [0, 0.05) is 42.7 Å². The van der Waals surface area contributed by atoms with Gasteiger partial charge in [0.25, 0.3) is 5.91 Å². The first-order valence-corrected chi connectivity index (χ1v) is 8.48. The van der Waals surface area contributed by atoms with Crippen molar-refractivity contribution in [1.82, 2.24) is 10.2 Å². The Morgan fingerprint density at radius 3 is 2.50 bits per heavy atom. The molecular weight excluding hydrogens is 413 g/mol. The van der Waals surface area contributed by atoms with Gasteiger partial charge in [-0.15, -0.1) is 0 Å². The first-order chi connectivity index (χ1) is 12.3. The average molecular weight is 429 g/mol. The molecule has 0 bridgehead atoms. The van der Waals surface area contributed by atoms with Gasteiger partial charge in [-0.25, -0.2) is 13.2 Å². The van der Waals surface area contributed by atoms with Crippen LogP contribution in [0.15, 0.2) is 40.9 Å². The van der Waals surface area contributed by atoms with E-state index in [2.05, 4.69) is 21.2 Å². The van der Waals surface area contributed by atoms with Crippen molar-refractivity contribution in [3.63, 3.8) is 0 Å². The minimum absolute atomic E-state index is 0.0280. The van der Waals surface area contributed by atoms with Gasteiger partial charge in [0.2, 0.25) is 5.91 Å². The minimum atomic E-state index is -0.976. The Kier molecular flexibility index (Phi) is 6.79. The van der Waals surface area contributed by atoms with Gasteiger partial charge in [0.05, 0.1) is 5.56 Å². The minimum Gasteiger partial charge on any atom is -0.351 e. The zero-order valence-corrected chi connectivity index (χ0v) is 15.4. The van der Waals surface area contributed by atoms with Crippen LogP contribution in [0.1, 0.15) is 22.3 Å². The Hall–Kier alpha value is -2.35. The highest BCUT2D eigenvalue weighted by Gasteiger charge is 2.15. The lowest BCUT2D eigenvalue weighted by Crippen LogP contribution is -2.32. The fourth-order valence-electron chi connectivity index (χ4n) is 2.25. The predicted octanol–water partition coefficient (Wildman–Crippen LogP) is 3.64. The maximum atomic E-state index is 13.7. The summed E-state index contributed by atoms with van der Waals surface area (Å²) in [6, 6.07) is 7.06. The van der Waals surface area contributed by atoms with E-state index in [0.717, 1.165) is 12.1 Å². The van der Waals surface area contributed by atoms with Crippen molar-refractivity contribution >= 4 is 27.7 Å². The van der Waals surface area contributed by atoms with Crippen molar-refractivity contribution in [1.29, 1.82) is 0 Å². The molecule has 0 aromatic heterocycles. The Balaban J connectivity index is 1.86. The number of nitrogens with zero attached hydrogens (tertiary/aromatic N) is 1. The van der Waals surface area contributed by atoms with E-state index in [0.29, 0.717) is 16.1 Å². The summed E-state index contributed by atoms with van der Waals surface area (Å²) in [5.41, 5.74) is 0.0519. The third-order valence-corrected chi connectivity index (χ3v) is 4.13. The molecule has 2 rings (SSSR count). The Bertz CT molecular complexity index is 830. The number of amides is 2. The quantitative estimate of drug-likeness (QED) is 0.763. The molecular formula is C18H16BrF3N2O2. The van der Waals surface area contributed by atoms with E-state index < -0.39 is 23.4 Å². The van der Waals surface area contributed by atoms with Crippen LogP contribution in [-0.2, 0) is 11.3 Å². The van der Waals surface area contributed by atoms with E-state index in [-0.39, 0.29) is 31.0 Å². The maximum absolute atomic E-state index is 13.7. The summed E-state index contributed by atoms with van der Waals surface area (Å²) in [7, 11) is 1.52. The van der Waals surface area contributed by atoms with Gasteiger partial charge in [-0.05, 0) is 30.3 Å². The lowest BCUT2D eigenvalue weighted by atomic mass is 10.2. The van der Waals surface area contributed by atoms with Crippen molar-refractivity contribution in [3.05, 3.63) is 69.4 Å². The Morgan fingerprint density at radius 2 is 1.81 bits per heavy atom. The molecule has 1 N–H and O–H groups in total. The molecule has 2 aromatic rings. The number of carbonyl (C=O) groups is 2. The number of hydrogen-bond donors (Lipinski definition) is 1. The molecule has 0 unspecified atom stereocenters. The molecule has 26 heavy (non-hydrogen) atoms. The molecule has 0 heterocycles. The van der Waals surface area contributed by atoms with Crippen LogP contribution in [0, 0.1) is 17.5 Å². The first kappa shape index (κ1) is 20.0. The smallest absolute Gasteiger partial charge is 0.254 e. The van der Waals surface area contributed by atoms with Gasteiger partial charge in [-0.2, -0.15) is 0 Å². The number of hydrogen-bond acceptors (Lipinski definition) is 2. The predicted molar refractivity (Wildman–Crippen MR) is 93.9 cm³/mol. The zero-order chi connectivity index (χ0) is 19.3. The average Bonchev–Trinajstić information content (AvgIpc) is 2.57. The van der Waals surface area contributed by atoms with Crippen LogP contribution in [0.3, 0.4) is 0 Å². The van der Waals surface area contributed by atoms with Crippen molar-refractivity contribution in [2.75, 3.05) is 13.6 Å². The van der Waals surface area contributed by atoms with Gasteiger partial charge in [-0.3, -0.25) is 9.59 Å². The van der Waals surface area contributed by atoms with Crippen LogP contribution in [0.4, 0.5) is 13.2 Å². The molecule has 0 aliphatic rings. The molecule has 2 aromatic carbocycles. The summed E-state index contributed by atoms with van der Waals surface area (Å²) in [6.45, 7) is 0.0461. The summed E-state index contributed by atoms with van der Waals surface area (Å²) in [5, 5.41) is 2.40. The topological polar surface area (TPSA) is 49.4 Å². The lowest BCUT2D eigenvalue weighted by Gasteiger charge is -2.18. The second kappa shape index (κ2) is 8.84. The van der Waals surface area contributed by atoms with Gasteiger partial charge < -0.3 is 10.2 Å². The van der Waals surface area contributed by atoms with E-state index in [1.807, 2.05) is 0 Å². The van der Waals surface area contributed by atoms with Crippen molar-refractivity contribution in [2.24, 2.45) is 0 Å². The third kappa shape index (κ3) is 5.32. The molecule has 0 atom stereocenters. The number of benzene rings is 2. The summed E-state index contributed by atoms with van der Waals surface area (Å²) >= 11 is 3.24. The van der Waals surface area contributed by atoms with Crippen LogP contribution >= 0.6 is 15.9 Å². The van der Waals surface area contributed by atoms with Crippen LogP contribution in [0.5, 0.6) is 0 Å². The van der Waals surface area contributed by atoms with E-state index in [9.17, 15) is 22.8 Å². The molecule has 138 valence electrons. The Labute approximate surface area is 157 Å². The molecule has 0 fully saturated rings. The fourth-order valence-corrected chi connectivity index (χ4v) is 2.66. The van der Waals surface area contributed by atoms with Crippen molar-refractivity contribution in [2.45, 2.75) is 13.0 Å². The summed E-state index contributed by atoms with van der Waals surface area (Å²) in [5.74, 6) is -3.24. The van der Waals surface area contributed by atoms with Crippen LogP contribution in [0.2, 0.25) is 0 Å². The first-order valence-electron chi connectivity index (χ1n) is 7.69. The number of nitrogens with one attached hydrogen (secondary N) is 1. The molecule has 8 heteroatoms. The molecule has 0 spiro atoms. The third-order valence-electron chi connectivity index (χ3n) is 3.64. The highest BCUT2D eigenvalue weighted by Crippen LogP contribution is 2.17. The SMILES string of the molecule is CN(Cc1cc(Br)ccc1F)C(=O)CCNC(=O)c1ccc(F)cc1F. The Morgan fingerprint density at radius 1 is 1.08 bits per heavy atom. The number of carbonyl (C=O) groups excluding carboxylic acids is 2.